The Morgan fingerprint density at radius 1 is 1.25 bits per heavy atom. The lowest BCUT2D eigenvalue weighted by Crippen LogP contribution is -2.48. The Labute approximate surface area is 143 Å². The maximum atomic E-state index is 12.5. The standard InChI is InChI=1S/C18H27N3O3/c19-16(13-15-5-2-1-3-6-15)18(23)21-11-9-14(10-12-21)7-4-8-17(22)20-24/h1-3,5-6,14,16,24H,4,7-13,19H2,(H,20,22)/t16-/m1/s1. The summed E-state index contributed by atoms with van der Waals surface area (Å²) in [6, 6.07) is 9.34. The zero-order valence-corrected chi connectivity index (χ0v) is 14.0. The number of hydroxylamine groups is 1. The number of benzene rings is 1. The van der Waals surface area contributed by atoms with Crippen LogP contribution in [0.3, 0.4) is 0 Å². The monoisotopic (exact) mass is 333 g/mol. The van der Waals surface area contributed by atoms with E-state index < -0.39 is 6.04 Å². The Bertz CT molecular complexity index is 528. The third kappa shape index (κ3) is 5.62. The minimum atomic E-state index is -0.489. The van der Waals surface area contributed by atoms with Gasteiger partial charge in [0.2, 0.25) is 11.8 Å². The fourth-order valence-corrected chi connectivity index (χ4v) is 3.24. The van der Waals surface area contributed by atoms with E-state index in [2.05, 4.69) is 0 Å². The zero-order chi connectivity index (χ0) is 17.4. The first-order chi connectivity index (χ1) is 11.6. The summed E-state index contributed by atoms with van der Waals surface area (Å²) in [7, 11) is 0. The van der Waals surface area contributed by atoms with E-state index in [9.17, 15) is 9.59 Å². The lowest BCUT2D eigenvalue weighted by atomic mass is 9.91. The van der Waals surface area contributed by atoms with Gasteiger partial charge < -0.3 is 10.6 Å². The number of nitrogens with zero attached hydrogens (tertiary/aromatic N) is 1. The molecule has 0 bridgehead atoms. The summed E-state index contributed by atoms with van der Waals surface area (Å²) in [6.45, 7) is 1.47. The molecule has 0 saturated carbocycles. The van der Waals surface area contributed by atoms with Crippen LogP contribution in [0.5, 0.6) is 0 Å². The van der Waals surface area contributed by atoms with Gasteiger partial charge in [0.15, 0.2) is 0 Å². The fourth-order valence-electron chi connectivity index (χ4n) is 3.24. The Morgan fingerprint density at radius 2 is 1.92 bits per heavy atom. The van der Waals surface area contributed by atoms with Crippen molar-refractivity contribution < 1.29 is 14.8 Å². The van der Waals surface area contributed by atoms with E-state index in [-0.39, 0.29) is 11.8 Å². The molecule has 1 saturated heterocycles. The molecule has 0 radical (unpaired) electrons. The molecule has 24 heavy (non-hydrogen) atoms. The first-order valence-corrected chi connectivity index (χ1v) is 8.61. The number of nitrogens with one attached hydrogen (secondary N) is 1. The third-order valence-corrected chi connectivity index (χ3v) is 4.68. The molecule has 132 valence electrons. The average Bonchev–Trinajstić information content (AvgIpc) is 2.62. The van der Waals surface area contributed by atoms with Gasteiger partial charge in [0.1, 0.15) is 0 Å². The predicted octanol–water partition coefficient (Wildman–Crippen LogP) is 1.47. The summed E-state index contributed by atoms with van der Waals surface area (Å²) in [5, 5.41) is 8.47. The molecular formula is C18H27N3O3. The lowest BCUT2D eigenvalue weighted by molar-refractivity contribution is -0.134. The molecule has 1 atom stereocenters. The molecule has 1 aliphatic heterocycles. The highest BCUT2D eigenvalue weighted by atomic mass is 16.5. The summed E-state index contributed by atoms with van der Waals surface area (Å²) >= 11 is 0. The molecule has 0 unspecified atom stereocenters. The van der Waals surface area contributed by atoms with E-state index in [1.54, 1.807) is 5.48 Å². The first-order valence-electron chi connectivity index (χ1n) is 8.61. The van der Waals surface area contributed by atoms with Gasteiger partial charge in [-0.15, -0.1) is 0 Å². The van der Waals surface area contributed by atoms with Gasteiger partial charge in [-0.25, -0.2) is 5.48 Å². The summed E-state index contributed by atoms with van der Waals surface area (Å²) in [5.41, 5.74) is 8.81. The minimum Gasteiger partial charge on any atom is -0.341 e. The molecule has 2 rings (SSSR count). The van der Waals surface area contributed by atoms with Gasteiger partial charge in [-0.1, -0.05) is 30.3 Å². The highest BCUT2D eigenvalue weighted by molar-refractivity contribution is 5.82. The van der Waals surface area contributed by atoms with Crippen molar-refractivity contribution in [3.8, 4) is 0 Å². The Hall–Kier alpha value is -1.92. The van der Waals surface area contributed by atoms with Crippen molar-refractivity contribution in [1.82, 2.24) is 10.4 Å². The van der Waals surface area contributed by atoms with Crippen molar-refractivity contribution in [2.45, 2.75) is 44.6 Å². The minimum absolute atomic E-state index is 0.0250. The smallest absolute Gasteiger partial charge is 0.243 e. The number of rotatable bonds is 7. The highest BCUT2D eigenvalue weighted by Gasteiger charge is 2.26. The van der Waals surface area contributed by atoms with Crippen LogP contribution in [0.15, 0.2) is 30.3 Å². The second-order valence-electron chi connectivity index (χ2n) is 6.49. The number of nitrogens with two attached hydrogens (primary N) is 1. The molecule has 1 aromatic carbocycles. The van der Waals surface area contributed by atoms with Crippen molar-refractivity contribution in [3.05, 3.63) is 35.9 Å². The van der Waals surface area contributed by atoms with Crippen molar-refractivity contribution in [2.75, 3.05) is 13.1 Å². The van der Waals surface area contributed by atoms with Crippen molar-refractivity contribution >= 4 is 11.8 Å². The van der Waals surface area contributed by atoms with E-state index in [0.29, 0.717) is 18.8 Å². The van der Waals surface area contributed by atoms with E-state index in [4.69, 9.17) is 10.9 Å². The number of carbonyl (C=O) groups is 2. The van der Waals surface area contributed by atoms with Crippen LogP contribution in [0.1, 0.15) is 37.7 Å². The SMILES string of the molecule is N[C@H](Cc1ccccc1)C(=O)N1CCC(CCCC(=O)NO)CC1. The molecule has 0 aliphatic carbocycles. The van der Waals surface area contributed by atoms with Crippen LogP contribution in [0.4, 0.5) is 0 Å². The molecule has 1 aliphatic rings. The molecule has 1 fully saturated rings. The number of carbonyl (C=O) groups excluding carboxylic acids is 2. The molecule has 1 heterocycles. The second-order valence-corrected chi connectivity index (χ2v) is 6.49. The van der Waals surface area contributed by atoms with Gasteiger partial charge in [-0.2, -0.15) is 0 Å². The first kappa shape index (κ1) is 18.4. The molecule has 1 aromatic rings. The van der Waals surface area contributed by atoms with Gasteiger partial charge >= 0.3 is 0 Å². The van der Waals surface area contributed by atoms with Crippen molar-refractivity contribution in [1.29, 1.82) is 0 Å². The zero-order valence-electron chi connectivity index (χ0n) is 14.0. The topological polar surface area (TPSA) is 95.7 Å². The van der Waals surface area contributed by atoms with Crippen molar-refractivity contribution in [3.63, 3.8) is 0 Å². The second kappa shape index (κ2) is 9.39. The summed E-state index contributed by atoms with van der Waals surface area (Å²) in [5.74, 6) is 0.220. The van der Waals surface area contributed by atoms with Gasteiger partial charge in [-0.3, -0.25) is 14.8 Å². The molecular weight excluding hydrogens is 306 g/mol. The Morgan fingerprint density at radius 3 is 2.54 bits per heavy atom. The van der Waals surface area contributed by atoms with Crippen LogP contribution >= 0.6 is 0 Å². The van der Waals surface area contributed by atoms with Gasteiger partial charge in [0, 0.05) is 19.5 Å². The molecule has 0 spiro atoms. The lowest BCUT2D eigenvalue weighted by Gasteiger charge is -2.33. The van der Waals surface area contributed by atoms with Crippen LogP contribution < -0.4 is 11.2 Å². The number of amides is 2. The maximum absolute atomic E-state index is 12.5. The Balaban J connectivity index is 1.71. The molecule has 0 aromatic heterocycles. The van der Waals surface area contributed by atoms with Gasteiger partial charge in [-0.05, 0) is 43.6 Å². The predicted molar refractivity (Wildman–Crippen MR) is 91.2 cm³/mol. The van der Waals surface area contributed by atoms with E-state index >= 15 is 0 Å². The van der Waals surface area contributed by atoms with E-state index in [1.165, 1.54) is 0 Å². The van der Waals surface area contributed by atoms with Crippen molar-refractivity contribution in [2.24, 2.45) is 11.7 Å². The van der Waals surface area contributed by atoms with Crippen LogP contribution in [-0.4, -0.2) is 41.1 Å². The van der Waals surface area contributed by atoms with Crippen LogP contribution in [0.25, 0.3) is 0 Å². The van der Waals surface area contributed by atoms with Gasteiger partial charge in [0.05, 0.1) is 6.04 Å². The summed E-state index contributed by atoms with van der Waals surface area (Å²) < 4.78 is 0. The number of piperidine rings is 1. The van der Waals surface area contributed by atoms with Crippen LogP contribution in [0, 0.1) is 5.92 Å². The number of hydrogen-bond donors (Lipinski definition) is 3. The number of likely N-dealkylation sites (tertiary alicyclic amines) is 1. The summed E-state index contributed by atoms with van der Waals surface area (Å²) in [6.07, 6.45) is 4.52. The normalized spacial score (nSPS) is 16.7. The summed E-state index contributed by atoms with van der Waals surface area (Å²) in [4.78, 5) is 25.3. The van der Waals surface area contributed by atoms with Crippen LogP contribution in [-0.2, 0) is 16.0 Å². The van der Waals surface area contributed by atoms with Gasteiger partial charge in [0.25, 0.3) is 0 Å². The van der Waals surface area contributed by atoms with E-state index in [0.717, 1.165) is 44.3 Å². The fraction of sp³-hybridized carbons (Fsp3) is 0.556. The Kier molecular flexibility index (Phi) is 7.21. The highest BCUT2D eigenvalue weighted by Crippen LogP contribution is 2.23. The molecule has 2 amide bonds. The largest absolute Gasteiger partial charge is 0.341 e. The van der Waals surface area contributed by atoms with Crippen LogP contribution in [0.2, 0.25) is 0 Å². The molecule has 4 N–H and O–H groups in total. The molecule has 6 heteroatoms. The van der Waals surface area contributed by atoms with E-state index in [1.807, 2.05) is 35.2 Å². The number of hydrogen-bond acceptors (Lipinski definition) is 4. The average molecular weight is 333 g/mol. The quantitative estimate of drug-likeness (QED) is 0.520. The maximum Gasteiger partial charge on any atom is 0.243 e. The molecule has 6 nitrogen and oxygen atoms in total. The third-order valence-electron chi connectivity index (χ3n) is 4.68.